The Morgan fingerprint density at radius 2 is 2.32 bits per heavy atom. The van der Waals surface area contributed by atoms with Crippen molar-refractivity contribution in [3.8, 4) is 11.4 Å². The SMILES string of the molecule is [O-][n+]1ccccc1SCc1nc(-c2ccsc2)no1. The number of pyridine rings is 1. The van der Waals surface area contributed by atoms with E-state index in [1.807, 2.05) is 22.9 Å². The lowest BCUT2D eigenvalue weighted by Gasteiger charge is -2.00. The van der Waals surface area contributed by atoms with E-state index in [1.54, 1.807) is 23.5 Å². The third-order valence-electron chi connectivity index (χ3n) is 2.38. The molecule has 0 aromatic carbocycles. The summed E-state index contributed by atoms with van der Waals surface area (Å²) in [6.45, 7) is 0. The molecule has 0 amide bonds. The first-order valence-electron chi connectivity index (χ1n) is 5.49. The highest BCUT2D eigenvalue weighted by Crippen LogP contribution is 2.22. The second-order valence-corrected chi connectivity index (χ2v) is 5.45. The minimum Gasteiger partial charge on any atom is -0.618 e. The first-order valence-corrected chi connectivity index (χ1v) is 7.42. The third kappa shape index (κ3) is 2.77. The zero-order chi connectivity index (χ0) is 13.1. The summed E-state index contributed by atoms with van der Waals surface area (Å²) in [6.07, 6.45) is 1.47. The van der Waals surface area contributed by atoms with E-state index in [9.17, 15) is 5.21 Å². The summed E-state index contributed by atoms with van der Waals surface area (Å²) in [5.41, 5.74) is 0.948. The Balaban J connectivity index is 1.70. The molecule has 5 nitrogen and oxygen atoms in total. The van der Waals surface area contributed by atoms with Crippen LogP contribution in [0.4, 0.5) is 0 Å². The van der Waals surface area contributed by atoms with Crippen molar-refractivity contribution in [2.75, 3.05) is 0 Å². The van der Waals surface area contributed by atoms with E-state index in [0.29, 0.717) is 22.5 Å². The van der Waals surface area contributed by atoms with Gasteiger partial charge in [0.15, 0.2) is 6.20 Å². The molecule has 0 spiro atoms. The highest BCUT2D eigenvalue weighted by Gasteiger charge is 2.11. The van der Waals surface area contributed by atoms with E-state index >= 15 is 0 Å². The summed E-state index contributed by atoms with van der Waals surface area (Å²) < 4.78 is 5.98. The number of hydrogen-bond acceptors (Lipinski definition) is 6. The number of aromatic nitrogens is 3. The van der Waals surface area contributed by atoms with E-state index in [4.69, 9.17) is 4.52 Å². The minimum atomic E-state index is 0.476. The minimum absolute atomic E-state index is 0.476. The largest absolute Gasteiger partial charge is 0.618 e. The Morgan fingerprint density at radius 1 is 1.37 bits per heavy atom. The van der Waals surface area contributed by atoms with Crippen molar-refractivity contribution in [3.63, 3.8) is 0 Å². The number of thioether (sulfide) groups is 1. The molecule has 96 valence electrons. The van der Waals surface area contributed by atoms with Crippen LogP contribution in [0.15, 0.2) is 50.8 Å². The van der Waals surface area contributed by atoms with Gasteiger partial charge in [-0.2, -0.15) is 21.1 Å². The average Bonchev–Trinajstić information content (AvgIpc) is 3.09. The molecule has 7 heteroatoms. The molecule has 0 atom stereocenters. The summed E-state index contributed by atoms with van der Waals surface area (Å²) in [5.74, 6) is 1.57. The normalized spacial score (nSPS) is 10.7. The number of rotatable bonds is 4. The van der Waals surface area contributed by atoms with Crippen LogP contribution in [0.1, 0.15) is 5.89 Å². The molecule has 0 N–H and O–H groups in total. The van der Waals surface area contributed by atoms with Gasteiger partial charge in [0.2, 0.25) is 11.7 Å². The Hall–Kier alpha value is -1.86. The highest BCUT2D eigenvalue weighted by atomic mass is 32.2. The lowest BCUT2D eigenvalue weighted by Crippen LogP contribution is -2.27. The molecule has 0 bridgehead atoms. The zero-order valence-corrected chi connectivity index (χ0v) is 11.4. The molecule has 0 aliphatic heterocycles. The highest BCUT2D eigenvalue weighted by molar-refractivity contribution is 7.98. The smallest absolute Gasteiger partial charge is 0.251 e. The van der Waals surface area contributed by atoms with Crippen molar-refractivity contribution < 1.29 is 9.25 Å². The van der Waals surface area contributed by atoms with Crippen molar-refractivity contribution in [2.45, 2.75) is 10.8 Å². The van der Waals surface area contributed by atoms with E-state index in [2.05, 4.69) is 10.1 Å². The summed E-state index contributed by atoms with van der Waals surface area (Å²) in [6, 6.07) is 7.21. The van der Waals surface area contributed by atoms with E-state index in [0.717, 1.165) is 10.3 Å². The first-order chi connectivity index (χ1) is 9.33. The number of hydrogen-bond donors (Lipinski definition) is 0. The topological polar surface area (TPSA) is 65.9 Å². The van der Waals surface area contributed by atoms with Crippen LogP contribution in [0.25, 0.3) is 11.4 Å². The Morgan fingerprint density at radius 3 is 3.11 bits per heavy atom. The second-order valence-electron chi connectivity index (χ2n) is 3.68. The van der Waals surface area contributed by atoms with Crippen LogP contribution < -0.4 is 4.73 Å². The van der Waals surface area contributed by atoms with Gasteiger partial charge in [0.1, 0.15) is 0 Å². The number of thiophene rings is 1. The molecule has 0 saturated carbocycles. The van der Waals surface area contributed by atoms with Crippen molar-refractivity contribution in [1.29, 1.82) is 0 Å². The third-order valence-corrected chi connectivity index (χ3v) is 4.07. The van der Waals surface area contributed by atoms with Gasteiger partial charge >= 0.3 is 0 Å². The fourth-order valence-corrected chi connectivity index (χ4v) is 2.87. The molecule has 0 aliphatic carbocycles. The maximum absolute atomic E-state index is 11.5. The quantitative estimate of drug-likeness (QED) is 0.420. The molecule has 0 aliphatic rings. The van der Waals surface area contributed by atoms with E-state index in [-0.39, 0.29) is 0 Å². The van der Waals surface area contributed by atoms with E-state index in [1.165, 1.54) is 18.0 Å². The van der Waals surface area contributed by atoms with Gasteiger partial charge < -0.3 is 9.73 Å². The Labute approximate surface area is 117 Å². The van der Waals surface area contributed by atoms with Crippen LogP contribution in [-0.4, -0.2) is 10.1 Å². The molecule has 3 heterocycles. The molecular formula is C12H9N3O2S2. The van der Waals surface area contributed by atoms with Gasteiger partial charge in [-0.3, -0.25) is 0 Å². The number of nitrogens with zero attached hydrogens (tertiary/aromatic N) is 3. The van der Waals surface area contributed by atoms with Gasteiger partial charge in [-0.1, -0.05) is 5.16 Å². The molecule has 3 aromatic rings. The summed E-state index contributed by atoms with van der Waals surface area (Å²) in [5, 5.41) is 19.9. The lowest BCUT2D eigenvalue weighted by molar-refractivity contribution is -0.645. The van der Waals surface area contributed by atoms with Crippen molar-refractivity contribution in [3.05, 3.63) is 52.3 Å². The van der Waals surface area contributed by atoms with Crippen LogP contribution >= 0.6 is 23.1 Å². The van der Waals surface area contributed by atoms with Crippen LogP contribution in [0.2, 0.25) is 0 Å². The Kier molecular flexibility index (Phi) is 3.47. The zero-order valence-electron chi connectivity index (χ0n) is 9.72. The van der Waals surface area contributed by atoms with Crippen molar-refractivity contribution >= 4 is 23.1 Å². The lowest BCUT2D eigenvalue weighted by atomic mass is 10.3. The molecule has 0 fully saturated rings. The second kappa shape index (κ2) is 5.41. The van der Waals surface area contributed by atoms with Crippen molar-refractivity contribution in [1.82, 2.24) is 10.1 Å². The predicted molar refractivity (Wildman–Crippen MR) is 72.6 cm³/mol. The molecule has 3 aromatic heterocycles. The van der Waals surface area contributed by atoms with Gasteiger partial charge in [-0.15, -0.1) is 0 Å². The Bertz CT molecular complexity index is 667. The maximum Gasteiger partial charge on any atom is 0.251 e. The van der Waals surface area contributed by atoms with Gasteiger partial charge in [0, 0.05) is 23.1 Å². The molecule has 19 heavy (non-hydrogen) atoms. The summed E-state index contributed by atoms with van der Waals surface area (Å²) >= 11 is 2.95. The van der Waals surface area contributed by atoms with Crippen LogP contribution in [0, 0.1) is 5.21 Å². The predicted octanol–water partition coefficient (Wildman–Crippen LogP) is 2.72. The van der Waals surface area contributed by atoms with Crippen LogP contribution in [0.3, 0.4) is 0 Å². The van der Waals surface area contributed by atoms with Crippen molar-refractivity contribution in [2.24, 2.45) is 0 Å². The summed E-state index contributed by atoms with van der Waals surface area (Å²) in [7, 11) is 0. The molecular weight excluding hydrogens is 282 g/mol. The van der Waals surface area contributed by atoms with Gasteiger partial charge in [0.05, 0.1) is 5.75 Å². The van der Waals surface area contributed by atoms with Crippen LogP contribution in [0.5, 0.6) is 0 Å². The summed E-state index contributed by atoms with van der Waals surface area (Å²) in [4.78, 5) is 4.29. The molecule has 3 rings (SSSR count). The fraction of sp³-hybridized carbons (Fsp3) is 0.0833. The standard InChI is InChI=1S/C12H9N3O2S2/c16-15-5-2-1-3-11(15)19-8-10-13-12(14-17-10)9-4-6-18-7-9/h1-7H,8H2. The van der Waals surface area contributed by atoms with Gasteiger partial charge in [-0.25, -0.2) is 0 Å². The fourth-order valence-electron chi connectivity index (χ4n) is 1.48. The monoisotopic (exact) mass is 291 g/mol. The molecule has 0 unspecified atom stereocenters. The molecule has 0 radical (unpaired) electrons. The molecule has 0 saturated heterocycles. The van der Waals surface area contributed by atoms with Gasteiger partial charge in [-0.05, 0) is 29.3 Å². The average molecular weight is 291 g/mol. The van der Waals surface area contributed by atoms with Crippen LogP contribution in [-0.2, 0) is 5.75 Å². The van der Waals surface area contributed by atoms with E-state index < -0.39 is 0 Å². The van der Waals surface area contributed by atoms with Gasteiger partial charge in [0.25, 0.3) is 5.03 Å². The maximum atomic E-state index is 11.5. The first kappa shape index (κ1) is 12.2.